The van der Waals surface area contributed by atoms with Gasteiger partial charge in [-0.2, -0.15) is 10.4 Å². The van der Waals surface area contributed by atoms with Gasteiger partial charge in [-0.1, -0.05) is 11.6 Å². The molecule has 1 aromatic carbocycles. The summed E-state index contributed by atoms with van der Waals surface area (Å²) in [6, 6.07) is 5.87. The molecule has 0 saturated heterocycles. The topological polar surface area (TPSA) is 121 Å². The Labute approximate surface area is 201 Å². The van der Waals surface area contributed by atoms with Gasteiger partial charge in [0.05, 0.1) is 53.7 Å². The van der Waals surface area contributed by atoms with Crippen LogP contribution >= 0.6 is 11.6 Å². The van der Waals surface area contributed by atoms with Gasteiger partial charge in [0.1, 0.15) is 5.76 Å². The van der Waals surface area contributed by atoms with Crippen LogP contribution < -0.4 is 16.0 Å². The molecule has 0 N–H and O–H groups in total. The lowest BCUT2D eigenvalue weighted by Gasteiger charge is -2.11. The first-order chi connectivity index (χ1) is 16.8. The minimum atomic E-state index is -0.731. The monoisotopic (exact) mass is 494 g/mol. The van der Waals surface area contributed by atoms with Crippen molar-refractivity contribution in [2.24, 2.45) is 7.05 Å². The molecule has 176 valence electrons. The average Bonchev–Trinajstić information content (AvgIpc) is 3.44. The van der Waals surface area contributed by atoms with Gasteiger partial charge in [0.25, 0.3) is 0 Å². The van der Waals surface area contributed by atoms with Gasteiger partial charge in [-0.3, -0.25) is 19.0 Å². The number of hydrogen-bond acceptors (Lipinski definition) is 7. The minimum absolute atomic E-state index is 0.000347. The Morgan fingerprint density at radius 2 is 2.03 bits per heavy atom. The van der Waals surface area contributed by atoms with Crippen LogP contribution in [-0.2, 0) is 13.6 Å². The van der Waals surface area contributed by atoms with Crippen molar-refractivity contribution in [2.75, 3.05) is 7.11 Å². The zero-order chi connectivity index (χ0) is 24.9. The summed E-state index contributed by atoms with van der Waals surface area (Å²) in [6.45, 7) is 0.000347. The van der Waals surface area contributed by atoms with E-state index < -0.39 is 17.1 Å². The summed E-state index contributed by atoms with van der Waals surface area (Å²) >= 11 is 6.24. The van der Waals surface area contributed by atoms with E-state index in [1.807, 2.05) is 6.07 Å². The normalized spacial score (nSPS) is 11.3. The molecule has 0 aliphatic carbocycles. The number of hydrogen-bond donors (Lipinski definition) is 0. The van der Waals surface area contributed by atoms with E-state index in [0.717, 1.165) is 10.6 Å². The molecule has 0 radical (unpaired) electrons. The van der Waals surface area contributed by atoms with Gasteiger partial charge >= 0.3 is 11.2 Å². The number of nitrogens with zero attached hydrogens (tertiary/aromatic N) is 6. The van der Waals surface area contributed by atoms with Gasteiger partial charge in [0.2, 0.25) is 5.58 Å². The van der Waals surface area contributed by atoms with Crippen molar-refractivity contribution in [1.82, 2.24) is 23.9 Å². The Morgan fingerprint density at radius 3 is 2.77 bits per heavy atom. The van der Waals surface area contributed by atoms with E-state index in [0.29, 0.717) is 10.9 Å². The average molecular weight is 495 g/mol. The third-order valence-electron chi connectivity index (χ3n) is 5.64. The Morgan fingerprint density at radius 1 is 1.23 bits per heavy atom. The maximum Gasteiger partial charge on any atom is 0.336 e. The lowest BCUT2D eigenvalue weighted by Crippen LogP contribution is -2.39. The van der Waals surface area contributed by atoms with E-state index in [-0.39, 0.29) is 51.8 Å². The molecular formula is C23H16ClFN6O4. The highest BCUT2D eigenvalue weighted by molar-refractivity contribution is 6.33. The summed E-state index contributed by atoms with van der Waals surface area (Å²) in [5, 5.41) is 14.0. The highest BCUT2D eigenvalue weighted by Crippen LogP contribution is 2.36. The van der Waals surface area contributed by atoms with E-state index in [4.69, 9.17) is 26.0 Å². The van der Waals surface area contributed by atoms with E-state index in [1.165, 1.54) is 34.7 Å². The fourth-order valence-electron chi connectivity index (χ4n) is 4.02. The maximum atomic E-state index is 14.1. The fraction of sp³-hybridized carbons (Fsp3) is 0.174. The first kappa shape index (κ1) is 22.4. The number of methoxy groups -OCH3 is 1. The van der Waals surface area contributed by atoms with Gasteiger partial charge in [0.15, 0.2) is 11.6 Å². The van der Waals surface area contributed by atoms with Crippen LogP contribution in [0.4, 0.5) is 4.39 Å². The zero-order valence-corrected chi connectivity index (χ0v) is 19.2. The second kappa shape index (κ2) is 8.41. The molecule has 0 fully saturated rings. The molecule has 5 rings (SSSR count). The van der Waals surface area contributed by atoms with Crippen molar-refractivity contribution in [1.29, 1.82) is 5.26 Å². The van der Waals surface area contributed by atoms with Crippen LogP contribution in [0.1, 0.15) is 6.42 Å². The van der Waals surface area contributed by atoms with Gasteiger partial charge in [-0.15, -0.1) is 0 Å². The molecule has 12 heteroatoms. The molecule has 0 spiro atoms. The van der Waals surface area contributed by atoms with Crippen LogP contribution in [0.3, 0.4) is 0 Å². The second-order valence-electron chi connectivity index (χ2n) is 7.64. The summed E-state index contributed by atoms with van der Waals surface area (Å²) < 4.78 is 28.7. The van der Waals surface area contributed by atoms with Crippen LogP contribution in [0.15, 0.2) is 50.8 Å². The smallest absolute Gasteiger partial charge is 0.336 e. The van der Waals surface area contributed by atoms with Crippen LogP contribution in [0.25, 0.3) is 39.0 Å². The number of halogens is 2. The summed E-state index contributed by atoms with van der Waals surface area (Å²) in [6.07, 6.45) is 4.53. The largest absolute Gasteiger partial charge is 0.494 e. The number of furan rings is 1. The van der Waals surface area contributed by atoms with Gasteiger partial charge in [-0.25, -0.2) is 13.8 Å². The number of ether oxygens (including phenoxy) is 1. The van der Waals surface area contributed by atoms with Gasteiger partial charge in [0, 0.05) is 36.8 Å². The molecule has 0 aliphatic heterocycles. The highest BCUT2D eigenvalue weighted by Gasteiger charge is 2.23. The maximum absolute atomic E-state index is 14.1. The predicted molar refractivity (Wildman–Crippen MR) is 125 cm³/mol. The predicted octanol–water partition coefficient (Wildman–Crippen LogP) is 3.41. The molecule has 10 nitrogen and oxygen atoms in total. The Balaban J connectivity index is 1.86. The number of pyridine rings is 1. The Kier molecular flexibility index (Phi) is 5.37. The third-order valence-corrected chi connectivity index (χ3v) is 5.95. The SMILES string of the molecule is COc1cc(-c2cc3c(o2)c(=O)n(-c2cncc4cnn(C)c24)c(=O)n3CCC#N)c(Cl)cc1F. The molecule has 5 aromatic rings. The number of fused-ring (bicyclic) bond motifs is 2. The number of benzene rings is 1. The summed E-state index contributed by atoms with van der Waals surface area (Å²) in [7, 11) is 2.98. The molecule has 0 saturated carbocycles. The van der Waals surface area contributed by atoms with Crippen molar-refractivity contribution < 1.29 is 13.5 Å². The Hall–Kier alpha value is -4.43. The van der Waals surface area contributed by atoms with Crippen LogP contribution in [-0.4, -0.2) is 31.0 Å². The molecule has 0 aliphatic rings. The molecule has 4 aromatic heterocycles. The lowest BCUT2D eigenvalue weighted by atomic mass is 10.1. The third kappa shape index (κ3) is 3.46. The summed E-state index contributed by atoms with van der Waals surface area (Å²) in [4.78, 5) is 31.3. The quantitative estimate of drug-likeness (QED) is 0.367. The van der Waals surface area contributed by atoms with Crippen molar-refractivity contribution in [3.63, 3.8) is 0 Å². The van der Waals surface area contributed by atoms with Crippen molar-refractivity contribution in [3.8, 4) is 28.8 Å². The molecule has 4 heterocycles. The summed E-state index contributed by atoms with van der Waals surface area (Å²) in [5.74, 6) is -0.611. The zero-order valence-electron chi connectivity index (χ0n) is 18.5. The van der Waals surface area contributed by atoms with Crippen molar-refractivity contribution in [3.05, 3.63) is 68.5 Å². The van der Waals surface area contributed by atoms with Crippen LogP contribution in [0.5, 0.6) is 5.75 Å². The van der Waals surface area contributed by atoms with Gasteiger partial charge < -0.3 is 9.15 Å². The first-order valence-corrected chi connectivity index (χ1v) is 10.7. The Bertz CT molecular complexity index is 1790. The number of nitriles is 1. The first-order valence-electron chi connectivity index (χ1n) is 10.3. The molecule has 0 bridgehead atoms. The standard InChI is InChI=1S/C23H16ClFN6O4/c1-29-20-12(10-28-29)9-27-11-17(20)31-22(32)21-16(30(23(31)33)5-3-4-26)8-18(35-21)13-6-19(34-2)15(25)7-14(13)24/h6-11H,3,5H2,1-2H3. The second-order valence-corrected chi connectivity index (χ2v) is 8.05. The number of aromatic nitrogens is 5. The lowest BCUT2D eigenvalue weighted by molar-refractivity contribution is 0.386. The molecule has 0 amide bonds. The molecule has 0 unspecified atom stereocenters. The van der Waals surface area contributed by atoms with E-state index in [9.17, 15) is 14.0 Å². The number of rotatable bonds is 5. The van der Waals surface area contributed by atoms with Crippen LogP contribution in [0, 0.1) is 17.1 Å². The van der Waals surface area contributed by atoms with Gasteiger partial charge in [-0.05, 0) is 12.1 Å². The number of aryl methyl sites for hydroxylation is 2. The van der Waals surface area contributed by atoms with E-state index in [1.54, 1.807) is 19.4 Å². The fourth-order valence-corrected chi connectivity index (χ4v) is 4.26. The molecular weight excluding hydrogens is 479 g/mol. The minimum Gasteiger partial charge on any atom is -0.494 e. The van der Waals surface area contributed by atoms with E-state index >= 15 is 0 Å². The van der Waals surface area contributed by atoms with Crippen LogP contribution in [0.2, 0.25) is 5.02 Å². The van der Waals surface area contributed by atoms with E-state index in [2.05, 4.69) is 10.1 Å². The van der Waals surface area contributed by atoms with Crippen molar-refractivity contribution >= 4 is 33.6 Å². The molecule has 35 heavy (non-hydrogen) atoms. The molecule has 0 atom stereocenters. The van der Waals surface area contributed by atoms with Crippen molar-refractivity contribution in [2.45, 2.75) is 13.0 Å². The summed E-state index contributed by atoms with van der Waals surface area (Å²) in [5.41, 5.74) is -0.384. The highest BCUT2D eigenvalue weighted by atomic mass is 35.5.